The largest absolute Gasteiger partial charge is 0.506 e. The maximum Gasteiger partial charge on any atom is 0.286 e. The Hall–Kier alpha value is -1.62. The molecule has 1 aliphatic heterocycles. The smallest absolute Gasteiger partial charge is 0.286 e. The summed E-state index contributed by atoms with van der Waals surface area (Å²) < 4.78 is 0.322. The molecule has 0 fully saturated rings. The summed E-state index contributed by atoms with van der Waals surface area (Å²) in [6.07, 6.45) is 1.33. The summed E-state index contributed by atoms with van der Waals surface area (Å²) in [6, 6.07) is 2.43. The number of non-ortho nitro benzene ring substituents is 1. The second kappa shape index (κ2) is 5.17. The van der Waals surface area contributed by atoms with Crippen LogP contribution in [-0.2, 0) is 4.79 Å². The van der Waals surface area contributed by atoms with Crippen LogP contribution < -0.4 is 5.73 Å². The van der Waals surface area contributed by atoms with Crippen LogP contribution in [0.4, 0.5) is 5.69 Å². The number of aromatic hydroxyl groups is 1. The van der Waals surface area contributed by atoms with Crippen molar-refractivity contribution in [1.29, 1.82) is 0 Å². The van der Waals surface area contributed by atoms with Crippen LogP contribution in [0, 0.1) is 13.7 Å². The second-order valence-corrected chi connectivity index (χ2v) is 5.71. The Bertz CT molecular complexity index is 656. The van der Waals surface area contributed by atoms with E-state index in [-0.39, 0.29) is 27.1 Å². The van der Waals surface area contributed by atoms with Gasteiger partial charge in [0.1, 0.15) is 5.75 Å². The molecule has 0 atom stereocenters. The lowest BCUT2D eigenvalue weighted by Crippen LogP contribution is -2.01. The number of carbonyl (C=O) groups is 1. The molecule has 7 nitrogen and oxygen atoms in total. The van der Waals surface area contributed by atoms with Crippen LogP contribution in [0.25, 0.3) is 6.08 Å². The first-order chi connectivity index (χ1) is 8.88. The minimum atomic E-state index is -0.571. The third-order valence-electron chi connectivity index (χ3n) is 2.21. The lowest BCUT2D eigenvalue weighted by atomic mass is 10.1. The first-order valence-corrected chi connectivity index (χ1v) is 6.73. The minimum absolute atomic E-state index is 0.107. The maximum atomic E-state index is 11.4. The van der Waals surface area contributed by atoms with Crippen LogP contribution in [-0.4, -0.2) is 21.1 Å². The predicted octanol–water partition coefficient (Wildman–Crippen LogP) is 1.83. The Morgan fingerprint density at radius 1 is 1.53 bits per heavy atom. The summed E-state index contributed by atoms with van der Waals surface area (Å²) in [6.45, 7) is 0. The minimum Gasteiger partial charge on any atom is -0.506 e. The Labute approximate surface area is 124 Å². The standard InChI is InChI=1S/C10H6IN3O4S/c11-6-3-5(14(17)18)1-4(8(6)15)2-7-9(16)13-10(12)19-7/h1-3,15H,(H2,12,13,16). The van der Waals surface area contributed by atoms with E-state index in [1.54, 1.807) is 22.6 Å². The molecule has 1 aromatic carbocycles. The number of halogens is 1. The van der Waals surface area contributed by atoms with Gasteiger partial charge in [0.05, 0.1) is 13.4 Å². The molecule has 98 valence electrons. The Balaban J connectivity index is 2.49. The highest BCUT2D eigenvalue weighted by Gasteiger charge is 2.21. The summed E-state index contributed by atoms with van der Waals surface area (Å²) in [5, 5.41) is 20.7. The summed E-state index contributed by atoms with van der Waals surface area (Å²) in [5.74, 6) is -0.652. The summed E-state index contributed by atoms with van der Waals surface area (Å²) in [4.78, 5) is 25.3. The molecule has 1 aromatic rings. The molecule has 1 amide bonds. The van der Waals surface area contributed by atoms with E-state index >= 15 is 0 Å². The second-order valence-electron chi connectivity index (χ2n) is 3.49. The van der Waals surface area contributed by atoms with Crippen molar-refractivity contribution in [3.05, 3.63) is 36.3 Å². The molecular weight excluding hydrogens is 385 g/mol. The number of phenolic OH excluding ortho intramolecular Hbond substituents is 1. The number of nitro groups is 1. The van der Waals surface area contributed by atoms with E-state index in [0.29, 0.717) is 3.57 Å². The fourth-order valence-corrected chi connectivity index (χ4v) is 2.69. The fraction of sp³-hybridized carbons (Fsp3) is 0. The number of amides is 1. The number of phenols is 1. The monoisotopic (exact) mass is 391 g/mol. The lowest BCUT2D eigenvalue weighted by molar-refractivity contribution is -0.385. The van der Waals surface area contributed by atoms with E-state index in [1.165, 1.54) is 18.2 Å². The molecule has 0 radical (unpaired) electrons. The topological polar surface area (TPSA) is 119 Å². The van der Waals surface area contributed by atoms with Crippen molar-refractivity contribution in [1.82, 2.24) is 0 Å². The van der Waals surface area contributed by atoms with Crippen molar-refractivity contribution in [3.63, 3.8) is 0 Å². The van der Waals surface area contributed by atoms with E-state index in [0.717, 1.165) is 11.8 Å². The van der Waals surface area contributed by atoms with Crippen molar-refractivity contribution in [2.45, 2.75) is 0 Å². The normalized spacial score (nSPS) is 16.8. The summed E-state index contributed by atoms with van der Waals surface area (Å²) >= 11 is 2.73. The number of carbonyl (C=O) groups excluding carboxylic acids is 1. The van der Waals surface area contributed by atoms with Crippen LogP contribution in [0.2, 0.25) is 0 Å². The average molecular weight is 391 g/mol. The van der Waals surface area contributed by atoms with E-state index < -0.39 is 10.8 Å². The van der Waals surface area contributed by atoms with Crippen LogP contribution in [0.1, 0.15) is 5.56 Å². The molecule has 0 saturated carbocycles. The number of rotatable bonds is 2. The SMILES string of the molecule is NC1=NC(=O)C(=Cc2cc([N+](=O)[O-])cc(I)c2O)S1. The number of aliphatic imine (C=N–C) groups is 1. The highest BCUT2D eigenvalue weighted by Crippen LogP contribution is 2.34. The van der Waals surface area contributed by atoms with Gasteiger partial charge in [-0.05, 0) is 40.4 Å². The molecular formula is C10H6IN3O4S. The van der Waals surface area contributed by atoms with Gasteiger partial charge in [-0.15, -0.1) is 0 Å². The molecule has 0 aliphatic carbocycles. The van der Waals surface area contributed by atoms with E-state index in [2.05, 4.69) is 4.99 Å². The number of thioether (sulfide) groups is 1. The zero-order valence-electron chi connectivity index (χ0n) is 9.16. The first-order valence-electron chi connectivity index (χ1n) is 4.83. The van der Waals surface area contributed by atoms with Gasteiger partial charge in [-0.1, -0.05) is 0 Å². The Morgan fingerprint density at radius 3 is 2.74 bits per heavy atom. The quantitative estimate of drug-likeness (QED) is 0.344. The van der Waals surface area contributed by atoms with Crippen LogP contribution in [0.3, 0.4) is 0 Å². The zero-order valence-corrected chi connectivity index (χ0v) is 12.1. The predicted molar refractivity (Wildman–Crippen MR) is 79.7 cm³/mol. The molecule has 19 heavy (non-hydrogen) atoms. The van der Waals surface area contributed by atoms with E-state index in [1.807, 2.05) is 0 Å². The van der Waals surface area contributed by atoms with Crippen LogP contribution >= 0.6 is 34.4 Å². The number of hydrogen-bond donors (Lipinski definition) is 2. The number of nitrogens with two attached hydrogens (primary N) is 1. The Morgan fingerprint density at radius 2 is 2.21 bits per heavy atom. The molecule has 0 bridgehead atoms. The summed E-state index contributed by atoms with van der Waals surface area (Å²) in [5.41, 5.74) is 5.41. The maximum absolute atomic E-state index is 11.4. The van der Waals surface area contributed by atoms with Gasteiger partial charge in [-0.2, -0.15) is 4.99 Å². The van der Waals surface area contributed by atoms with E-state index in [9.17, 15) is 20.0 Å². The van der Waals surface area contributed by atoms with Gasteiger partial charge in [0.2, 0.25) is 0 Å². The molecule has 0 spiro atoms. The van der Waals surface area contributed by atoms with Gasteiger partial charge >= 0.3 is 0 Å². The highest BCUT2D eigenvalue weighted by molar-refractivity contribution is 14.1. The zero-order chi connectivity index (χ0) is 14.2. The van der Waals surface area contributed by atoms with Gasteiger partial charge in [0.25, 0.3) is 11.6 Å². The molecule has 0 aromatic heterocycles. The number of amidine groups is 1. The molecule has 0 unspecified atom stereocenters. The van der Waals surface area contributed by atoms with Crippen molar-refractivity contribution in [2.75, 3.05) is 0 Å². The molecule has 1 aliphatic rings. The first kappa shape index (κ1) is 13.8. The third-order valence-corrected chi connectivity index (χ3v) is 3.85. The van der Waals surface area contributed by atoms with Crippen molar-refractivity contribution >= 4 is 57.2 Å². The molecule has 2 rings (SSSR count). The van der Waals surface area contributed by atoms with Crippen molar-refractivity contribution in [3.8, 4) is 5.75 Å². The van der Waals surface area contributed by atoms with E-state index in [4.69, 9.17) is 5.73 Å². The fourth-order valence-electron chi connectivity index (χ4n) is 1.39. The Kier molecular flexibility index (Phi) is 3.75. The number of hydrogen-bond acceptors (Lipinski definition) is 6. The average Bonchev–Trinajstić information content (AvgIpc) is 2.63. The number of benzene rings is 1. The van der Waals surface area contributed by atoms with Crippen LogP contribution in [0.5, 0.6) is 5.75 Å². The van der Waals surface area contributed by atoms with Gasteiger partial charge in [0, 0.05) is 17.7 Å². The molecule has 0 saturated heterocycles. The van der Waals surface area contributed by atoms with Crippen LogP contribution in [0.15, 0.2) is 22.0 Å². The third kappa shape index (κ3) is 2.87. The molecule has 1 heterocycles. The van der Waals surface area contributed by atoms with Crippen molar-refractivity contribution in [2.24, 2.45) is 10.7 Å². The molecule has 9 heteroatoms. The lowest BCUT2D eigenvalue weighted by Gasteiger charge is -2.03. The number of nitrogens with zero attached hydrogens (tertiary/aromatic N) is 2. The number of nitro benzene ring substituents is 1. The summed E-state index contributed by atoms with van der Waals surface area (Å²) in [7, 11) is 0. The molecule has 3 N–H and O–H groups in total. The van der Waals surface area contributed by atoms with Crippen molar-refractivity contribution < 1.29 is 14.8 Å². The highest BCUT2D eigenvalue weighted by atomic mass is 127. The van der Waals surface area contributed by atoms with Gasteiger partial charge in [-0.25, -0.2) is 0 Å². The van der Waals surface area contributed by atoms with Gasteiger partial charge in [-0.3, -0.25) is 14.9 Å². The van der Waals surface area contributed by atoms with Gasteiger partial charge < -0.3 is 10.8 Å². The van der Waals surface area contributed by atoms with Gasteiger partial charge in [0.15, 0.2) is 5.17 Å².